The van der Waals surface area contributed by atoms with Crippen LogP contribution in [0.15, 0.2) is 48.0 Å². The van der Waals surface area contributed by atoms with Gasteiger partial charge in [0.25, 0.3) is 5.91 Å². The Labute approximate surface area is 139 Å². The highest BCUT2D eigenvalue weighted by Crippen LogP contribution is 2.26. The third-order valence-electron chi connectivity index (χ3n) is 3.95. The van der Waals surface area contributed by atoms with E-state index >= 15 is 0 Å². The zero-order valence-electron chi connectivity index (χ0n) is 13.5. The van der Waals surface area contributed by atoms with Crippen LogP contribution < -0.4 is 14.8 Å². The van der Waals surface area contributed by atoms with Crippen LogP contribution in [0.1, 0.15) is 24.1 Å². The van der Waals surface area contributed by atoms with E-state index in [1.54, 1.807) is 19.1 Å². The van der Waals surface area contributed by atoms with E-state index in [1.165, 1.54) is 13.2 Å². The Bertz CT molecular complexity index is 801. The highest BCUT2D eigenvalue weighted by atomic mass is 19.1. The van der Waals surface area contributed by atoms with Gasteiger partial charge in [-0.3, -0.25) is 4.79 Å². The summed E-state index contributed by atoms with van der Waals surface area (Å²) in [6.45, 7) is 2.02. The lowest BCUT2D eigenvalue weighted by molar-refractivity contribution is -0.118. The van der Waals surface area contributed by atoms with Crippen molar-refractivity contribution in [3.8, 4) is 11.5 Å². The van der Waals surface area contributed by atoms with Crippen molar-refractivity contribution in [2.75, 3.05) is 13.7 Å². The monoisotopic (exact) mass is 327 g/mol. The minimum atomic E-state index is -0.453. The highest BCUT2D eigenvalue weighted by molar-refractivity contribution is 5.99. The van der Waals surface area contributed by atoms with Crippen LogP contribution in [0.2, 0.25) is 0 Å². The normalized spacial score (nSPS) is 14.0. The highest BCUT2D eigenvalue weighted by Gasteiger charge is 2.19. The number of nitrogens with one attached hydrogen (secondary N) is 1. The summed E-state index contributed by atoms with van der Waals surface area (Å²) in [5, 5.41) is 2.87. The Morgan fingerprint density at radius 1 is 1.29 bits per heavy atom. The number of carbonyl (C=O) groups is 1. The molecule has 0 aliphatic carbocycles. The van der Waals surface area contributed by atoms with Crippen molar-refractivity contribution in [2.24, 2.45) is 0 Å². The molecule has 1 amide bonds. The quantitative estimate of drug-likeness (QED) is 0.935. The predicted octanol–water partition coefficient (Wildman–Crippen LogP) is 3.49. The van der Waals surface area contributed by atoms with Gasteiger partial charge in [0, 0.05) is 5.56 Å². The van der Waals surface area contributed by atoms with Crippen molar-refractivity contribution < 1.29 is 18.7 Å². The van der Waals surface area contributed by atoms with Crippen LogP contribution in [0.25, 0.3) is 6.08 Å². The van der Waals surface area contributed by atoms with Crippen LogP contribution in [0.3, 0.4) is 0 Å². The lowest BCUT2D eigenvalue weighted by Crippen LogP contribution is -2.30. The lowest BCUT2D eigenvalue weighted by Gasteiger charge is -2.20. The number of hydrogen-bond donors (Lipinski definition) is 1. The molecule has 4 nitrogen and oxygen atoms in total. The van der Waals surface area contributed by atoms with Crippen LogP contribution in [-0.2, 0) is 4.79 Å². The van der Waals surface area contributed by atoms with Gasteiger partial charge in [0.15, 0.2) is 11.6 Å². The van der Waals surface area contributed by atoms with Crippen LogP contribution in [0.5, 0.6) is 11.5 Å². The number of halogens is 1. The molecule has 0 radical (unpaired) electrons. The fraction of sp³-hybridized carbons (Fsp3) is 0.211. The molecule has 0 spiro atoms. The Balaban J connectivity index is 1.73. The van der Waals surface area contributed by atoms with E-state index in [-0.39, 0.29) is 24.3 Å². The summed E-state index contributed by atoms with van der Waals surface area (Å²) >= 11 is 0. The first-order valence-electron chi connectivity index (χ1n) is 7.65. The molecule has 0 bridgehead atoms. The lowest BCUT2D eigenvalue weighted by atomic mass is 10.0. The topological polar surface area (TPSA) is 47.6 Å². The zero-order chi connectivity index (χ0) is 17.1. The van der Waals surface area contributed by atoms with Gasteiger partial charge >= 0.3 is 0 Å². The van der Waals surface area contributed by atoms with Crippen molar-refractivity contribution >= 4 is 12.0 Å². The molecule has 2 aromatic carbocycles. The molecule has 124 valence electrons. The first-order chi connectivity index (χ1) is 11.6. The number of hydrogen-bond acceptors (Lipinski definition) is 3. The summed E-state index contributed by atoms with van der Waals surface area (Å²) in [5.74, 6) is 0.259. The molecule has 1 N–H and O–H groups in total. The van der Waals surface area contributed by atoms with E-state index in [2.05, 4.69) is 5.32 Å². The average Bonchev–Trinajstić information content (AvgIpc) is 2.61. The van der Waals surface area contributed by atoms with Crippen LogP contribution in [-0.4, -0.2) is 19.6 Å². The van der Waals surface area contributed by atoms with Crippen molar-refractivity contribution in [3.05, 3.63) is 65.0 Å². The minimum absolute atomic E-state index is 0.178. The van der Waals surface area contributed by atoms with Gasteiger partial charge in [-0.2, -0.15) is 0 Å². The van der Waals surface area contributed by atoms with Crippen molar-refractivity contribution in [3.63, 3.8) is 0 Å². The maximum absolute atomic E-state index is 13.8. The number of methoxy groups -OCH3 is 1. The SMILES string of the molecule is COc1ccc([C@H](C)NC(=O)C2=Cc3ccccc3OC2)cc1F. The number of fused-ring (bicyclic) bond motifs is 1. The molecular weight excluding hydrogens is 309 g/mol. The first kappa shape index (κ1) is 16.1. The van der Waals surface area contributed by atoms with Crippen molar-refractivity contribution in [1.29, 1.82) is 0 Å². The van der Waals surface area contributed by atoms with E-state index in [0.717, 1.165) is 11.3 Å². The second-order valence-electron chi connectivity index (χ2n) is 5.59. The Kier molecular flexibility index (Phi) is 4.51. The largest absolute Gasteiger partial charge is 0.494 e. The molecule has 3 rings (SSSR count). The van der Waals surface area contributed by atoms with E-state index < -0.39 is 5.82 Å². The number of amides is 1. The molecule has 1 aliphatic heterocycles. The molecule has 24 heavy (non-hydrogen) atoms. The fourth-order valence-corrected chi connectivity index (χ4v) is 2.57. The Morgan fingerprint density at radius 3 is 2.83 bits per heavy atom. The van der Waals surface area contributed by atoms with E-state index in [4.69, 9.17) is 9.47 Å². The molecule has 1 atom stereocenters. The van der Waals surface area contributed by atoms with E-state index in [0.29, 0.717) is 11.1 Å². The minimum Gasteiger partial charge on any atom is -0.494 e. The Hall–Kier alpha value is -2.82. The summed E-state index contributed by atoms with van der Waals surface area (Å²) in [6, 6.07) is 11.8. The molecule has 5 heteroatoms. The van der Waals surface area contributed by atoms with Gasteiger partial charge in [0.1, 0.15) is 12.4 Å². The van der Waals surface area contributed by atoms with Gasteiger partial charge in [-0.15, -0.1) is 0 Å². The van der Waals surface area contributed by atoms with Crippen LogP contribution >= 0.6 is 0 Å². The number of para-hydroxylation sites is 1. The van der Waals surface area contributed by atoms with Crippen molar-refractivity contribution in [1.82, 2.24) is 5.32 Å². The average molecular weight is 327 g/mol. The molecule has 0 fully saturated rings. The van der Waals surface area contributed by atoms with Gasteiger partial charge < -0.3 is 14.8 Å². The van der Waals surface area contributed by atoms with Crippen LogP contribution in [0.4, 0.5) is 4.39 Å². The number of benzene rings is 2. The Morgan fingerprint density at radius 2 is 2.08 bits per heavy atom. The summed E-state index contributed by atoms with van der Waals surface area (Å²) in [6.07, 6.45) is 1.81. The second kappa shape index (κ2) is 6.74. The van der Waals surface area contributed by atoms with Gasteiger partial charge in [0.2, 0.25) is 0 Å². The molecular formula is C19H18FNO3. The van der Waals surface area contributed by atoms with Gasteiger partial charge in [0.05, 0.1) is 18.7 Å². The van der Waals surface area contributed by atoms with Crippen LogP contribution in [0, 0.1) is 5.82 Å². The van der Waals surface area contributed by atoms with Gasteiger partial charge in [-0.1, -0.05) is 24.3 Å². The zero-order valence-corrected chi connectivity index (χ0v) is 13.5. The van der Waals surface area contributed by atoms with E-state index in [9.17, 15) is 9.18 Å². The summed E-state index contributed by atoms with van der Waals surface area (Å²) in [5.41, 5.74) is 2.07. The smallest absolute Gasteiger partial charge is 0.251 e. The molecule has 2 aromatic rings. The fourth-order valence-electron chi connectivity index (χ4n) is 2.57. The predicted molar refractivity (Wildman–Crippen MR) is 89.4 cm³/mol. The number of ether oxygens (including phenoxy) is 2. The molecule has 0 unspecified atom stereocenters. The molecule has 0 saturated heterocycles. The maximum Gasteiger partial charge on any atom is 0.251 e. The second-order valence-corrected chi connectivity index (χ2v) is 5.59. The molecule has 0 saturated carbocycles. The van der Waals surface area contributed by atoms with Gasteiger partial charge in [-0.05, 0) is 36.8 Å². The number of rotatable bonds is 4. The van der Waals surface area contributed by atoms with Gasteiger partial charge in [-0.25, -0.2) is 4.39 Å². The maximum atomic E-state index is 13.8. The third kappa shape index (κ3) is 3.25. The molecule has 1 heterocycles. The molecule has 0 aromatic heterocycles. The first-order valence-corrected chi connectivity index (χ1v) is 7.65. The van der Waals surface area contributed by atoms with E-state index in [1.807, 2.05) is 30.3 Å². The van der Waals surface area contributed by atoms with Crippen molar-refractivity contribution in [2.45, 2.75) is 13.0 Å². The molecule has 1 aliphatic rings. The summed E-state index contributed by atoms with van der Waals surface area (Å²) in [7, 11) is 1.41. The third-order valence-corrected chi connectivity index (χ3v) is 3.95. The standard InChI is InChI=1S/C19H18FNO3/c1-12(13-7-8-18(23-2)16(20)10-13)21-19(22)15-9-14-5-3-4-6-17(14)24-11-15/h3-10,12H,11H2,1-2H3,(H,21,22)/t12-/m0/s1. The number of carbonyl (C=O) groups excluding carboxylic acids is 1. The summed E-state index contributed by atoms with van der Waals surface area (Å²) in [4.78, 5) is 12.4. The summed E-state index contributed by atoms with van der Waals surface area (Å²) < 4.78 is 24.3.